The molecule has 0 unspecified atom stereocenters. The number of hydrogen-bond acceptors (Lipinski definition) is 4. The number of rotatable bonds is 2. The molecule has 13 heavy (non-hydrogen) atoms. The molecule has 5 heteroatoms. The van der Waals surface area contributed by atoms with Crippen molar-refractivity contribution in [1.29, 1.82) is 0 Å². The average Bonchev–Trinajstić information content (AvgIpc) is 2.75. The average molecular weight is 182 g/mol. The summed E-state index contributed by atoms with van der Waals surface area (Å²) in [7, 11) is 0. The minimum Gasteiger partial charge on any atom is -0.475 e. The number of carboxylic acid groups (broad SMARTS) is 1. The summed E-state index contributed by atoms with van der Waals surface area (Å²) in [6, 6.07) is 1.47. The number of aromatic nitrogens is 1. The first-order valence-electron chi connectivity index (χ1n) is 4.22. The van der Waals surface area contributed by atoms with E-state index >= 15 is 0 Å². The van der Waals surface area contributed by atoms with Crippen molar-refractivity contribution >= 4 is 11.8 Å². The zero-order valence-electron chi connectivity index (χ0n) is 7.06. The quantitative estimate of drug-likeness (QED) is 0.738. The van der Waals surface area contributed by atoms with Crippen LogP contribution < -0.4 is 4.90 Å². The molecule has 1 N–H and O–H groups in total. The third kappa shape index (κ3) is 1.49. The van der Waals surface area contributed by atoms with Crippen LogP contribution in [0.1, 0.15) is 23.4 Å². The fourth-order valence-corrected chi connectivity index (χ4v) is 1.46. The largest absolute Gasteiger partial charge is 0.475 e. The van der Waals surface area contributed by atoms with Crippen LogP contribution in [-0.4, -0.2) is 29.3 Å². The molecule has 0 spiro atoms. The molecule has 70 valence electrons. The molecule has 1 aliphatic rings. The summed E-state index contributed by atoms with van der Waals surface area (Å²) in [6.07, 6.45) is 2.27. The molecule has 1 aromatic rings. The molecule has 1 aromatic heterocycles. The van der Waals surface area contributed by atoms with Crippen LogP contribution in [-0.2, 0) is 0 Å². The Labute approximate surface area is 74.9 Å². The van der Waals surface area contributed by atoms with Gasteiger partial charge in [-0.3, -0.25) is 0 Å². The fourth-order valence-electron chi connectivity index (χ4n) is 1.46. The van der Waals surface area contributed by atoms with E-state index in [9.17, 15) is 4.79 Å². The highest BCUT2D eigenvalue weighted by atomic mass is 16.5. The van der Waals surface area contributed by atoms with Crippen LogP contribution >= 0.6 is 0 Å². The van der Waals surface area contributed by atoms with Gasteiger partial charge in [0.15, 0.2) is 5.82 Å². The van der Waals surface area contributed by atoms with Gasteiger partial charge >= 0.3 is 5.97 Å². The van der Waals surface area contributed by atoms with Crippen LogP contribution in [0.4, 0.5) is 5.82 Å². The minimum absolute atomic E-state index is 0.0955. The maximum Gasteiger partial charge on any atom is 0.374 e. The van der Waals surface area contributed by atoms with Crippen LogP contribution in [0.15, 0.2) is 10.6 Å². The van der Waals surface area contributed by atoms with Gasteiger partial charge < -0.3 is 14.5 Å². The lowest BCUT2D eigenvalue weighted by atomic mass is 10.4. The first-order chi connectivity index (χ1) is 6.27. The first-order valence-corrected chi connectivity index (χ1v) is 4.22. The molecule has 1 saturated heterocycles. The van der Waals surface area contributed by atoms with Crippen molar-refractivity contribution in [2.75, 3.05) is 18.0 Å². The van der Waals surface area contributed by atoms with Gasteiger partial charge in [-0.1, -0.05) is 5.16 Å². The molecular formula is C8H10N2O3. The smallest absolute Gasteiger partial charge is 0.374 e. The molecule has 1 aliphatic heterocycles. The van der Waals surface area contributed by atoms with Crippen LogP contribution in [0, 0.1) is 0 Å². The predicted octanol–water partition coefficient (Wildman–Crippen LogP) is 0.973. The van der Waals surface area contributed by atoms with Crippen LogP contribution in [0.5, 0.6) is 0 Å². The zero-order valence-corrected chi connectivity index (χ0v) is 7.06. The monoisotopic (exact) mass is 182 g/mol. The molecular weight excluding hydrogens is 172 g/mol. The molecule has 0 aliphatic carbocycles. The standard InChI is InChI=1S/C8H10N2O3/c11-8(12)6-5-7(9-13-6)10-3-1-2-4-10/h5H,1-4H2,(H,11,12). The van der Waals surface area contributed by atoms with Crippen molar-refractivity contribution in [1.82, 2.24) is 5.16 Å². The van der Waals surface area contributed by atoms with Crippen molar-refractivity contribution in [2.24, 2.45) is 0 Å². The first kappa shape index (κ1) is 8.10. The number of carboxylic acids is 1. The van der Waals surface area contributed by atoms with Gasteiger partial charge in [-0.05, 0) is 12.8 Å². The number of carbonyl (C=O) groups is 1. The summed E-state index contributed by atoms with van der Waals surface area (Å²) in [6.45, 7) is 1.87. The molecule has 0 radical (unpaired) electrons. The highest BCUT2D eigenvalue weighted by molar-refractivity contribution is 5.85. The van der Waals surface area contributed by atoms with Gasteiger partial charge in [0.2, 0.25) is 5.76 Å². The molecule has 0 bridgehead atoms. The minimum atomic E-state index is -1.07. The van der Waals surface area contributed by atoms with E-state index in [4.69, 9.17) is 5.11 Å². The third-order valence-corrected chi connectivity index (χ3v) is 2.14. The maximum absolute atomic E-state index is 10.5. The lowest BCUT2D eigenvalue weighted by Gasteiger charge is -2.11. The van der Waals surface area contributed by atoms with Crippen LogP contribution in [0.3, 0.4) is 0 Å². The van der Waals surface area contributed by atoms with Crippen molar-refractivity contribution in [3.63, 3.8) is 0 Å². The van der Waals surface area contributed by atoms with Crippen LogP contribution in [0.25, 0.3) is 0 Å². The molecule has 0 aromatic carbocycles. The normalized spacial score (nSPS) is 16.5. The van der Waals surface area contributed by atoms with Gasteiger partial charge in [0.1, 0.15) is 0 Å². The lowest BCUT2D eigenvalue weighted by molar-refractivity contribution is 0.0652. The van der Waals surface area contributed by atoms with Gasteiger partial charge in [0.05, 0.1) is 0 Å². The van der Waals surface area contributed by atoms with Crippen molar-refractivity contribution < 1.29 is 14.4 Å². The summed E-state index contributed by atoms with van der Waals surface area (Å²) in [5, 5.41) is 12.3. The highest BCUT2D eigenvalue weighted by Gasteiger charge is 2.18. The fraction of sp³-hybridized carbons (Fsp3) is 0.500. The number of hydrogen-bond donors (Lipinski definition) is 1. The van der Waals surface area contributed by atoms with Gasteiger partial charge in [0, 0.05) is 19.2 Å². The Morgan fingerprint density at radius 2 is 2.23 bits per heavy atom. The Morgan fingerprint density at radius 3 is 2.77 bits per heavy atom. The third-order valence-electron chi connectivity index (χ3n) is 2.14. The summed E-state index contributed by atoms with van der Waals surface area (Å²) in [5.41, 5.74) is 0. The molecule has 0 atom stereocenters. The lowest BCUT2D eigenvalue weighted by Crippen LogP contribution is -2.17. The molecule has 1 fully saturated rings. The summed E-state index contributed by atoms with van der Waals surface area (Å²) >= 11 is 0. The molecule has 0 saturated carbocycles. The highest BCUT2D eigenvalue weighted by Crippen LogP contribution is 2.19. The topological polar surface area (TPSA) is 66.6 Å². The van der Waals surface area contributed by atoms with Gasteiger partial charge in [0.25, 0.3) is 0 Å². The van der Waals surface area contributed by atoms with E-state index in [1.165, 1.54) is 6.07 Å². The van der Waals surface area contributed by atoms with E-state index in [-0.39, 0.29) is 5.76 Å². The Bertz CT molecular complexity index is 315. The second-order valence-corrected chi connectivity index (χ2v) is 3.05. The Kier molecular flexibility index (Phi) is 1.92. The second-order valence-electron chi connectivity index (χ2n) is 3.05. The second kappa shape index (κ2) is 3.08. The van der Waals surface area contributed by atoms with Crippen molar-refractivity contribution in [2.45, 2.75) is 12.8 Å². The molecule has 2 heterocycles. The molecule has 0 amide bonds. The number of anilines is 1. The van der Waals surface area contributed by atoms with E-state index < -0.39 is 5.97 Å². The van der Waals surface area contributed by atoms with Crippen molar-refractivity contribution in [3.8, 4) is 0 Å². The van der Waals surface area contributed by atoms with Gasteiger partial charge in [-0.25, -0.2) is 4.79 Å². The number of aromatic carboxylic acids is 1. The molecule has 5 nitrogen and oxygen atoms in total. The van der Waals surface area contributed by atoms with Crippen LogP contribution in [0.2, 0.25) is 0 Å². The molecule has 2 rings (SSSR count). The summed E-state index contributed by atoms with van der Waals surface area (Å²) in [4.78, 5) is 12.5. The summed E-state index contributed by atoms with van der Waals surface area (Å²) < 4.78 is 4.65. The summed E-state index contributed by atoms with van der Waals surface area (Å²) in [5.74, 6) is -0.533. The maximum atomic E-state index is 10.5. The van der Waals surface area contributed by atoms with Crippen molar-refractivity contribution in [3.05, 3.63) is 11.8 Å². The Morgan fingerprint density at radius 1 is 1.54 bits per heavy atom. The van der Waals surface area contributed by atoms with E-state index in [2.05, 4.69) is 9.68 Å². The van der Waals surface area contributed by atoms with E-state index in [1.807, 2.05) is 4.90 Å². The van der Waals surface area contributed by atoms with Gasteiger partial charge in [-0.15, -0.1) is 0 Å². The SMILES string of the molecule is O=C(O)c1cc(N2CCCC2)no1. The van der Waals surface area contributed by atoms with E-state index in [0.29, 0.717) is 5.82 Å². The Balaban J connectivity index is 2.16. The number of nitrogens with zero attached hydrogens (tertiary/aromatic N) is 2. The predicted molar refractivity (Wildman–Crippen MR) is 44.9 cm³/mol. The van der Waals surface area contributed by atoms with E-state index in [1.54, 1.807) is 0 Å². The van der Waals surface area contributed by atoms with Gasteiger partial charge in [-0.2, -0.15) is 0 Å². The van der Waals surface area contributed by atoms with E-state index in [0.717, 1.165) is 25.9 Å². The zero-order chi connectivity index (χ0) is 9.26. The Hall–Kier alpha value is -1.52.